The minimum atomic E-state index is 0.0604. The fourth-order valence-corrected chi connectivity index (χ4v) is 2.86. The first-order valence-corrected chi connectivity index (χ1v) is 6.28. The fraction of sp³-hybridized carbons (Fsp3) is 1.00. The largest absolute Gasteiger partial charge is 0.395 e. The average Bonchev–Trinajstić information content (AvgIpc) is 2.33. The molecule has 0 amide bonds. The molecule has 4 heteroatoms. The van der Waals surface area contributed by atoms with Gasteiger partial charge >= 0.3 is 0 Å². The summed E-state index contributed by atoms with van der Waals surface area (Å²) in [5.74, 6) is 0. The van der Waals surface area contributed by atoms with Crippen LogP contribution in [0.3, 0.4) is 0 Å². The van der Waals surface area contributed by atoms with Gasteiger partial charge in [0.15, 0.2) is 0 Å². The molecule has 0 saturated carbocycles. The van der Waals surface area contributed by atoms with Crippen LogP contribution in [0, 0.1) is 0 Å². The molecule has 2 aliphatic heterocycles. The Morgan fingerprint density at radius 3 is 2.81 bits per heavy atom. The van der Waals surface area contributed by atoms with E-state index in [1.54, 1.807) is 7.11 Å². The maximum Gasteiger partial charge on any atom is 0.0731 e. The monoisotopic (exact) mass is 229 g/mol. The van der Waals surface area contributed by atoms with E-state index < -0.39 is 0 Å². The molecule has 2 heterocycles. The Morgan fingerprint density at radius 1 is 1.44 bits per heavy atom. The predicted molar refractivity (Wildman–Crippen MR) is 61.5 cm³/mol. The molecule has 0 aromatic rings. The van der Waals surface area contributed by atoms with E-state index in [9.17, 15) is 0 Å². The maximum atomic E-state index is 8.91. The van der Waals surface area contributed by atoms with E-state index in [0.29, 0.717) is 6.10 Å². The number of hydrogen-bond acceptors (Lipinski definition) is 4. The first-order valence-electron chi connectivity index (χ1n) is 6.28. The van der Waals surface area contributed by atoms with E-state index in [-0.39, 0.29) is 12.2 Å². The van der Waals surface area contributed by atoms with Crippen LogP contribution in [-0.2, 0) is 9.47 Å². The van der Waals surface area contributed by atoms with Crippen LogP contribution in [0.1, 0.15) is 25.7 Å². The second-order valence-electron chi connectivity index (χ2n) is 4.95. The lowest BCUT2D eigenvalue weighted by atomic mass is 9.83. The lowest BCUT2D eigenvalue weighted by Gasteiger charge is -2.45. The van der Waals surface area contributed by atoms with Gasteiger partial charge in [0.25, 0.3) is 0 Å². The Balaban J connectivity index is 1.85. The minimum absolute atomic E-state index is 0.0604. The third kappa shape index (κ3) is 2.74. The van der Waals surface area contributed by atoms with Crippen molar-refractivity contribution >= 4 is 0 Å². The Morgan fingerprint density at radius 2 is 2.19 bits per heavy atom. The van der Waals surface area contributed by atoms with E-state index in [1.807, 2.05) is 0 Å². The number of β-amino-alcohol motifs (C(OH)–C–C–N with tert-alkyl or cyclic N) is 1. The van der Waals surface area contributed by atoms with Crippen molar-refractivity contribution in [2.24, 2.45) is 0 Å². The van der Waals surface area contributed by atoms with Gasteiger partial charge in [0.1, 0.15) is 0 Å². The number of ether oxygens (including phenoxy) is 2. The van der Waals surface area contributed by atoms with Crippen molar-refractivity contribution in [1.29, 1.82) is 0 Å². The topological polar surface area (TPSA) is 41.9 Å². The zero-order valence-corrected chi connectivity index (χ0v) is 10.2. The zero-order chi connectivity index (χ0) is 11.4. The van der Waals surface area contributed by atoms with Gasteiger partial charge in [-0.25, -0.2) is 0 Å². The molecule has 0 radical (unpaired) electrons. The van der Waals surface area contributed by atoms with Crippen molar-refractivity contribution in [3.63, 3.8) is 0 Å². The lowest BCUT2D eigenvalue weighted by Crippen LogP contribution is -2.51. The summed E-state index contributed by atoms with van der Waals surface area (Å²) in [5.41, 5.74) is 0.0604. The molecule has 2 fully saturated rings. The van der Waals surface area contributed by atoms with Crippen LogP contribution in [0.2, 0.25) is 0 Å². The highest BCUT2D eigenvalue weighted by molar-refractivity contribution is 4.92. The summed E-state index contributed by atoms with van der Waals surface area (Å²) >= 11 is 0. The summed E-state index contributed by atoms with van der Waals surface area (Å²) in [4.78, 5) is 2.31. The van der Waals surface area contributed by atoms with Crippen molar-refractivity contribution in [1.82, 2.24) is 4.90 Å². The highest BCUT2D eigenvalue weighted by Crippen LogP contribution is 2.35. The van der Waals surface area contributed by atoms with Gasteiger partial charge < -0.3 is 19.5 Å². The number of aliphatic hydroxyl groups excluding tert-OH is 1. The molecule has 94 valence electrons. The second kappa shape index (κ2) is 5.45. The normalized spacial score (nSPS) is 30.8. The molecule has 2 aliphatic rings. The molecular weight excluding hydrogens is 206 g/mol. The fourth-order valence-electron chi connectivity index (χ4n) is 2.86. The van der Waals surface area contributed by atoms with Gasteiger partial charge in [-0.3, -0.25) is 0 Å². The number of methoxy groups -OCH3 is 1. The summed E-state index contributed by atoms with van der Waals surface area (Å²) in [5, 5.41) is 8.91. The molecule has 16 heavy (non-hydrogen) atoms. The van der Waals surface area contributed by atoms with Crippen molar-refractivity contribution in [2.75, 3.05) is 40.0 Å². The molecule has 4 nitrogen and oxygen atoms in total. The van der Waals surface area contributed by atoms with Gasteiger partial charge in [-0.2, -0.15) is 0 Å². The van der Waals surface area contributed by atoms with E-state index in [0.717, 1.165) is 51.9 Å². The molecule has 2 saturated heterocycles. The number of rotatable bonds is 3. The lowest BCUT2D eigenvalue weighted by molar-refractivity contribution is -0.149. The Bertz CT molecular complexity index is 214. The standard InChI is InChI=1S/C12H23NO3/c1-15-11-2-9-16-12(10-11)3-5-13(6-4-12)7-8-14/h11,14H,2-10H2,1H3/t11-/m1/s1. The summed E-state index contributed by atoms with van der Waals surface area (Å²) < 4.78 is 11.5. The molecule has 0 aliphatic carbocycles. The van der Waals surface area contributed by atoms with Crippen molar-refractivity contribution in [3.8, 4) is 0 Å². The van der Waals surface area contributed by atoms with Gasteiger partial charge in [-0.1, -0.05) is 0 Å². The van der Waals surface area contributed by atoms with Gasteiger partial charge in [0.2, 0.25) is 0 Å². The predicted octanol–water partition coefficient (Wildman–Crippen LogP) is 0.639. The number of nitrogens with zero attached hydrogens (tertiary/aromatic N) is 1. The Labute approximate surface area is 97.5 Å². The maximum absolute atomic E-state index is 8.91. The minimum Gasteiger partial charge on any atom is -0.395 e. The summed E-state index contributed by atoms with van der Waals surface area (Å²) in [7, 11) is 1.80. The van der Waals surface area contributed by atoms with Crippen LogP contribution in [0.4, 0.5) is 0 Å². The molecule has 0 aromatic carbocycles. The molecule has 2 rings (SSSR count). The third-order valence-electron chi connectivity index (χ3n) is 3.96. The van der Waals surface area contributed by atoms with Gasteiger partial charge in [0, 0.05) is 39.8 Å². The Hall–Kier alpha value is -0.160. The van der Waals surface area contributed by atoms with E-state index in [4.69, 9.17) is 14.6 Å². The van der Waals surface area contributed by atoms with Crippen molar-refractivity contribution < 1.29 is 14.6 Å². The van der Waals surface area contributed by atoms with Gasteiger partial charge in [0.05, 0.1) is 18.3 Å². The number of likely N-dealkylation sites (tertiary alicyclic amines) is 1. The first-order chi connectivity index (χ1) is 7.78. The van der Waals surface area contributed by atoms with Crippen molar-refractivity contribution in [2.45, 2.75) is 37.4 Å². The third-order valence-corrected chi connectivity index (χ3v) is 3.96. The summed E-state index contributed by atoms with van der Waals surface area (Å²) in [6, 6.07) is 0. The molecule has 1 atom stereocenters. The zero-order valence-electron chi connectivity index (χ0n) is 10.2. The SMILES string of the molecule is CO[C@@H]1CCOC2(CCN(CCO)CC2)C1. The van der Waals surface area contributed by atoms with Crippen LogP contribution in [0.5, 0.6) is 0 Å². The highest BCUT2D eigenvalue weighted by Gasteiger charge is 2.40. The van der Waals surface area contributed by atoms with E-state index in [1.165, 1.54) is 0 Å². The second-order valence-corrected chi connectivity index (χ2v) is 4.95. The number of piperidine rings is 1. The highest BCUT2D eigenvalue weighted by atomic mass is 16.5. The van der Waals surface area contributed by atoms with Crippen LogP contribution in [0.25, 0.3) is 0 Å². The summed E-state index contributed by atoms with van der Waals surface area (Å²) in [6.07, 6.45) is 4.59. The Kier molecular flexibility index (Phi) is 4.19. The molecule has 0 unspecified atom stereocenters. The van der Waals surface area contributed by atoms with Crippen LogP contribution in [0.15, 0.2) is 0 Å². The molecule has 0 bridgehead atoms. The first kappa shape index (κ1) is 12.3. The smallest absolute Gasteiger partial charge is 0.0731 e. The van der Waals surface area contributed by atoms with Crippen molar-refractivity contribution in [3.05, 3.63) is 0 Å². The molecule has 1 spiro atoms. The van der Waals surface area contributed by atoms with Gasteiger partial charge in [-0.15, -0.1) is 0 Å². The summed E-state index contributed by atoms with van der Waals surface area (Å²) in [6.45, 7) is 3.96. The van der Waals surface area contributed by atoms with Crippen LogP contribution in [-0.4, -0.2) is 61.7 Å². The number of aliphatic hydroxyl groups is 1. The quantitative estimate of drug-likeness (QED) is 0.771. The van der Waals surface area contributed by atoms with E-state index in [2.05, 4.69) is 4.90 Å². The van der Waals surface area contributed by atoms with Crippen LogP contribution >= 0.6 is 0 Å². The molecule has 1 N–H and O–H groups in total. The molecular formula is C12H23NO3. The van der Waals surface area contributed by atoms with Crippen LogP contribution < -0.4 is 0 Å². The van der Waals surface area contributed by atoms with E-state index >= 15 is 0 Å². The average molecular weight is 229 g/mol. The number of hydrogen-bond donors (Lipinski definition) is 1. The van der Waals surface area contributed by atoms with Gasteiger partial charge in [-0.05, 0) is 19.3 Å². The molecule has 0 aromatic heterocycles.